The Labute approximate surface area is 119 Å². The van der Waals surface area contributed by atoms with Crippen molar-refractivity contribution in [1.82, 2.24) is 10.2 Å². The van der Waals surface area contributed by atoms with Crippen molar-refractivity contribution < 1.29 is 4.42 Å². The minimum absolute atomic E-state index is 0.474. The lowest BCUT2D eigenvalue weighted by Crippen LogP contribution is -2.23. The highest BCUT2D eigenvalue weighted by Crippen LogP contribution is 2.16. The fraction of sp³-hybridized carbons (Fsp3) is 0.467. The van der Waals surface area contributed by atoms with Gasteiger partial charge in [0.1, 0.15) is 5.76 Å². The second kappa shape index (κ2) is 6.89. The molecule has 0 amide bonds. The molecular weight excluding hydrogens is 256 g/mol. The minimum atomic E-state index is 0.474. The first-order valence-corrected chi connectivity index (χ1v) is 7.52. The van der Waals surface area contributed by atoms with Crippen LogP contribution in [0, 0.1) is 0 Å². The lowest BCUT2D eigenvalue weighted by atomic mass is 10.2. The summed E-state index contributed by atoms with van der Waals surface area (Å²) in [5, 5.41) is 5.52. The van der Waals surface area contributed by atoms with Crippen molar-refractivity contribution in [1.29, 1.82) is 0 Å². The molecule has 0 saturated heterocycles. The van der Waals surface area contributed by atoms with Crippen molar-refractivity contribution in [2.45, 2.75) is 39.5 Å². The van der Waals surface area contributed by atoms with Crippen LogP contribution in [0.25, 0.3) is 0 Å². The van der Waals surface area contributed by atoms with Gasteiger partial charge in [0.25, 0.3) is 0 Å². The maximum Gasteiger partial charge on any atom is 0.122 e. The van der Waals surface area contributed by atoms with Gasteiger partial charge in [-0.15, -0.1) is 11.3 Å². The van der Waals surface area contributed by atoms with Crippen LogP contribution < -0.4 is 5.32 Å². The molecule has 0 bridgehead atoms. The van der Waals surface area contributed by atoms with Gasteiger partial charge in [-0.2, -0.15) is 0 Å². The van der Waals surface area contributed by atoms with Gasteiger partial charge in [0.2, 0.25) is 0 Å². The standard InChI is InChI=1S/C15H22N2OS/c1-12(2)16-9-15-13(6-7-18-15)10-17(3)11-14-5-4-8-19-14/h4-8,12,16H,9-11H2,1-3H3. The molecular formula is C15H22N2OS. The molecule has 0 atom stereocenters. The predicted octanol–water partition coefficient (Wildman–Crippen LogP) is 3.47. The molecule has 0 radical (unpaired) electrons. The Morgan fingerprint density at radius 2 is 2.16 bits per heavy atom. The van der Waals surface area contributed by atoms with Crippen molar-refractivity contribution >= 4 is 11.3 Å². The van der Waals surface area contributed by atoms with Crippen LogP contribution in [0.5, 0.6) is 0 Å². The summed E-state index contributed by atoms with van der Waals surface area (Å²) in [6.07, 6.45) is 1.78. The van der Waals surface area contributed by atoms with E-state index in [0.717, 1.165) is 25.4 Å². The number of furan rings is 1. The quantitative estimate of drug-likeness (QED) is 0.840. The van der Waals surface area contributed by atoms with E-state index in [0.29, 0.717) is 6.04 Å². The second-order valence-electron chi connectivity index (χ2n) is 5.16. The highest BCUT2D eigenvalue weighted by Gasteiger charge is 2.10. The predicted molar refractivity (Wildman–Crippen MR) is 80.2 cm³/mol. The first-order chi connectivity index (χ1) is 9.15. The second-order valence-corrected chi connectivity index (χ2v) is 6.19. The Morgan fingerprint density at radius 1 is 1.32 bits per heavy atom. The summed E-state index contributed by atoms with van der Waals surface area (Å²) in [5.74, 6) is 1.05. The highest BCUT2D eigenvalue weighted by atomic mass is 32.1. The molecule has 0 fully saturated rings. The summed E-state index contributed by atoms with van der Waals surface area (Å²) < 4.78 is 5.56. The van der Waals surface area contributed by atoms with Gasteiger partial charge in [0.15, 0.2) is 0 Å². The monoisotopic (exact) mass is 278 g/mol. The molecule has 2 rings (SSSR count). The van der Waals surface area contributed by atoms with Crippen molar-refractivity contribution in [3.8, 4) is 0 Å². The molecule has 2 aromatic rings. The van der Waals surface area contributed by atoms with Gasteiger partial charge in [0, 0.05) is 29.6 Å². The number of nitrogens with one attached hydrogen (secondary N) is 1. The summed E-state index contributed by atoms with van der Waals surface area (Å²) in [6.45, 7) is 6.99. The molecule has 2 heterocycles. The SMILES string of the molecule is CC(C)NCc1occc1CN(C)Cc1cccs1. The van der Waals surface area contributed by atoms with Crippen molar-refractivity contribution in [3.63, 3.8) is 0 Å². The highest BCUT2D eigenvalue weighted by molar-refractivity contribution is 7.09. The average molecular weight is 278 g/mol. The third kappa shape index (κ3) is 4.49. The van der Waals surface area contributed by atoms with E-state index in [1.165, 1.54) is 10.4 Å². The molecule has 0 aliphatic carbocycles. The van der Waals surface area contributed by atoms with Crippen LogP contribution >= 0.6 is 11.3 Å². The van der Waals surface area contributed by atoms with Crippen LogP contribution in [0.1, 0.15) is 30.0 Å². The van der Waals surface area contributed by atoms with E-state index in [9.17, 15) is 0 Å². The van der Waals surface area contributed by atoms with E-state index < -0.39 is 0 Å². The van der Waals surface area contributed by atoms with E-state index >= 15 is 0 Å². The van der Waals surface area contributed by atoms with Crippen molar-refractivity contribution in [2.75, 3.05) is 7.05 Å². The molecule has 0 aromatic carbocycles. The van der Waals surface area contributed by atoms with Gasteiger partial charge in [-0.05, 0) is 24.6 Å². The number of thiophene rings is 1. The lowest BCUT2D eigenvalue weighted by Gasteiger charge is -2.16. The van der Waals surface area contributed by atoms with Gasteiger partial charge in [-0.25, -0.2) is 0 Å². The summed E-state index contributed by atoms with van der Waals surface area (Å²) in [6, 6.07) is 6.82. The van der Waals surface area contributed by atoms with E-state index in [2.05, 4.69) is 54.7 Å². The van der Waals surface area contributed by atoms with E-state index in [1.54, 1.807) is 17.6 Å². The molecule has 0 spiro atoms. The largest absolute Gasteiger partial charge is 0.468 e. The first kappa shape index (κ1) is 14.3. The Kier molecular flexibility index (Phi) is 5.19. The minimum Gasteiger partial charge on any atom is -0.468 e. The van der Waals surface area contributed by atoms with E-state index in [4.69, 9.17) is 4.42 Å². The molecule has 4 heteroatoms. The Hall–Kier alpha value is -1.10. The summed E-state index contributed by atoms with van der Waals surface area (Å²) in [4.78, 5) is 3.71. The van der Waals surface area contributed by atoms with E-state index in [-0.39, 0.29) is 0 Å². The molecule has 2 aromatic heterocycles. The number of nitrogens with zero attached hydrogens (tertiary/aromatic N) is 1. The smallest absolute Gasteiger partial charge is 0.122 e. The summed E-state index contributed by atoms with van der Waals surface area (Å²) in [7, 11) is 2.15. The molecule has 19 heavy (non-hydrogen) atoms. The fourth-order valence-corrected chi connectivity index (χ4v) is 2.76. The maximum atomic E-state index is 5.56. The van der Waals surface area contributed by atoms with E-state index in [1.807, 2.05) is 0 Å². The topological polar surface area (TPSA) is 28.4 Å². The van der Waals surface area contributed by atoms with Crippen LogP contribution in [-0.4, -0.2) is 18.0 Å². The molecule has 0 saturated carbocycles. The zero-order chi connectivity index (χ0) is 13.7. The van der Waals surface area contributed by atoms with Crippen LogP contribution in [-0.2, 0) is 19.6 Å². The molecule has 3 nitrogen and oxygen atoms in total. The first-order valence-electron chi connectivity index (χ1n) is 6.64. The summed E-state index contributed by atoms with van der Waals surface area (Å²) >= 11 is 1.80. The van der Waals surface area contributed by atoms with Crippen molar-refractivity contribution in [3.05, 3.63) is 46.0 Å². The fourth-order valence-electron chi connectivity index (χ4n) is 1.98. The van der Waals surface area contributed by atoms with Crippen LogP contribution in [0.2, 0.25) is 0 Å². The Bertz CT molecular complexity index is 476. The van der Waals surface area contributed by atoms with Gasteiger partial charge in [-0.1, -0.05) is 19.9 Å². The molecule has 0 unspecified atom stereocenters. The van der Waals surface area contributed by atoms with Crippen molar-refractivity contribution in [2.24, 2.45) is 0 Å². The maximum absolute atomic E-state index is 5.56. The molecule has 0 aliphatic heterocycles. The Morgan fingerprint density at radius 3 is 2.84 bits per heavy atom. The molecule has 0 aliphatic rings. The van der Waals surface area contributed by atoms with Crippen LogP contribution in [0.4, 0.5) is 0 Å². The third-order valence-electron chi connectivity index (χ3n) is 2.95. The van der Waals surface area contributed by atoms with Gasteiger partial charge in [-0.3, -0.25) is 4.90 Å². The number of rotatable bonds is 7. The van der Waals surface area contributed by atoms with Gasteiger partial charge in [0.05, 0.1) is 12.8 Å². The number of hydrogen-bond acceptors (Lipinski definition) is 4. The Balaban J connectivity index is 1.89. The van der Waals surface area contributed by atoms with Crippen LogP contribution in [0.15, 0.2) is 34.3 Å². The van der Waals surface area contributed by atoms with Crippen LogP contribution in [0.3, 0.4) is 0 Å². The lowest BCUT2D eigenvalue weighted by molar-refractivity contribution is 0.317. The zero-order valence-corrected chi connectivity index (χ0v) is 12.7. The number of hydrogen-bond donors (Lipinski definition) is 1. The average Bonchev–Trinajstić information content (AvgIpc) is 2.98. The molecule has 104 valence electrons. The molecule has 1 N–H and O–H groups in total. The zero-order valence-electron chi connectivity index (χ0n) is 11.8. The van der Waals surface area contributed by atoms with Gasteiger partial charge >= 0.3 is 0 Å². The van der Waals surface area contributed by atoms with Gasteiger partial charge < -0.3 is 9.73 Å². The normalized spacial score (nSPS) is 11.6. The summed E-state index contributed by atoms with van der Waals surface area (Å²) in [5.41, 5.74) is 1.27. The third-order valence-corrected chi connectivity index (χ3v) is 3.82.